The van der Waals surface area contributed by atoms with Crippen molar-refractivity contribution in [3.63, 3.8) is 0 Å². The summed E-state index contributed by atoms with van der Waals surface area (Å²) in [5.41, 5.74) is 2.28. The molecule has 19 heavy (non-hydrogen) atoms. The Labute approximate surface area is 126 Å². The third-order valence-electron chi connectivity index (χ3n) is 3.47. The van der Waals surface area contributed by atoms with Crippen molar-refractivity contribution in [3.8, 4) is 10.6 Å². The molecule has 1 heterocycles. The normalized spacial score (nSPS) is 18.4. The van der Waals surface area contributed by atoms with E-state index in [-0.39, 0.29) is 0 Å². The number of aromatic nitrogens is 1. The van der Waals surface area contributed by atoms with Gasteiger partial charge in [0.1, 0.15) is 5.01 Å². The molecule has 1 aromatic carbocycles. The molecule has 0 bridgehead atoms. The van der Waals surface area contributed by atoms with Gasteiger partial charge in [-0.05, 0) is 38.4 Å². The second kappa shape index (κ2) is 5.41. The van der Waals surface area contributed by atoms with E-state index in [2.05, 4.69) is 5.32 Å². The van der Waals surface area contributed by atoms with E-state index in [0.717, 1.165) is 17.0 Å². The molecule has 2 nitrogen and oxygen atoms in total. The SMILES string of the molecule is CNC1CCCc2nc(-c3ccc(Cl)c(Cl)c3)sc21. The third-order valence-corrected chi connectivity index (χ3v) is 5.46. The number of benzene rings is 1. The van der Waals surface area contributed by atoms with Gasteiger partial charge in [-0.25, -0.2) is 4.98 Å². The molecule has 0 saturated carbocycles. The molecule has 3 rings (SSSR count). The highest BCUT2D eigenvalue weighted by Gasteiger charge is 2.23. The van der Waals surface area contributed by atoms with Crippen molar-refractivity contribution in [1.82, 2.24) is 10.3 Å². The first-order valence-electron chi connectivity index (χ1n) is 6.31. The Bertz CT molecular complexity index is 609. The third kappa shape index (κ3) is 2.52. The quantitative estimate of drug-likeness (QED) is 0.868. The van der Waals surface area contributed by atoms with E-state index in [4.69, 9.17) is 28.2 Å². The van der Waals surface area contributed by atoms with Gasteiger partial charge in [0.2, 0.25) is 0 Å². The summed E-state index contributed by atoms with van der Waals surface area (Å²) in [6.45, 7) is 0. The first-order chi connectivity index (χ1) is 9.19. The number of rotatable bonds is 2. The van der Waals surface area contributed by atoms with Crippen molar-refractivity contribution in [2.75, 3.05) is 7.05 Å². The van der Waals surface area contributed by atoms with E-state index in [1.807, 2.05) is 25.2 Å². The zero-order valence-corrected chi connectivity index (χ0v) is 12.9. The zero-order chi connectivity index (χ0) is 13.4. The first kappa shape index (κ1) is 13.4. The molecule has 1 unspecified atom stereocenters. The lowest BCUT2D eigenvalue weighted by molar-refractivity contribution is 0.501. The fraction of sp³-hybridized carbons (Fsp3) is 0.357. The summed E-state index contributed by atoms with van der Waals surface area (Å²) in [4.78, 5) is 6.14. The van der Waals surface area contributed by atoms with Crippen LogP contribution in [0.15, 0.2) is 18.2 Å². The second-order valence-corrected chi connectivity index (χ2v) is 6.54. The molecule has 1 aliphatic carbocycles. The smallest absolute Gasteiger partial charge is 0.123 e. The predicted octanol–water partition coefficient (Wildman–Crippen LogP) is 4.71. The second-order valence-electron chi connectivity index (χ2n) is 4.69. The molecule has 0 amide bonds. The Balaban J connectivity index is 2.02. The molecule has 5 heteroatoms. The summed E-state index contributed by atoms with van der Waals surface area (Å²) >= 11 is 13.8. The highest BCUT2D eigenvalue weighted by Crippen LogP contribution is 2.38. The van der Waals surface area contributed by atoms with Crippen LogP contribution in [-0.2, 0) is 6.42 Å². The molecule has 1 N–H and O–H groups in total. The Hall–Kier alpha value is -0.610. The van der Waals surface area contributed by atoms with Gasteiger partial charge in [-0.2, -0.15) is 0 Å². The van der Waals surface area contributed by atoms with E-state index in [1.165, 1.54) is 23.4 Å². The van der Waals surface area contributed by atoms with Gasteiger partial charge in [0.25, 0.3) is 0 Å². The van der Waals surface area contributed by atoms with Crippen LogP contribution in [0, 0.1) is 0 Å². The maximum Gasteiger partial charge on any atom is 0.123 e. The minimum atomic E-state index is 0.442. The number of thiazole rings is 1. The molecule has 1 aliphatic rings. The van der Waals surface area contributed by atoms with Crippen LogP contribution in [0.3, 0.4) is 0 Å². The summed E-state index contributed by atoms with van der Waals surface area (Å²) < 4.78 is 0. The zero-order valence-electron chi connectivity index (χ0n) is 10.5. The monoisotopic (exact) mass is 312 g/mol. The van der Waals surface area contributed by atoms with Crippen LogP contribution in [0.25, 0.3) is 10.6 Å². The minimum Gasteiger partial charge on any atom is -0.312 e. The molecule has 1 aromatic heterocycles. The van der Waals surface area contributed by atoms with Gasteiger partial charge < -0.3 is 5.32 Å². The predicted molar refractivity (Wildman–Crippen MR) is 82.3 cm³/mol. The molecule has 0 aliphatic heterocycles. The number of fused-ring (bicyclic) bond motifs is 1. The average Bonchev–Trinajstić information content (AvgIpc) is 2.85. The van der Waals surface area contributed by atoms with Gasteiger partial charge in [0.15, 0.2) is 0 Å². The summed E-state index contributed by atoms with van der Waals surface area (Å²) in [6.07, 6.45) is 3.46. The van der Waals surface area contributed by atoms with Crippen LogP contribution in [0.2, 0.25) is 10.0 Å². The van der Waals surface area contributed by atoms with Crippen LogP contribution in [0.1, 0.15) is 29.5 Å². The minimum absolute atomic E-state index is 0.442. The van der Waals surface area contributed by atoms with Crippen LogP contribution in [-0.4, -0.2) is 12.0 Å². The van der Waals surface area contributed by atoms with Crippen molar-refractivity contribution in [1.29, 1.82) is 0 Å². The van der Waals surface area contributed by atoms with E-state index < -0.39 is 0 Å². The summed E-state index contributed by atoms with van der Waals surface area (Å²) in [7, 11) is 2.01. The first-order valence-corrected chi connectivity index (χ1v) is 7.88. The topological polar surface area (TPSA) is 24.9 Å². The Morgan fingerprint density at radius 3 is 2.89 bits per heavy atom. The number of nitrogens with one attached hydrogen (secondary N) is 1. The molecule has 1 atom stereocenters. The number of nitrogens with zero attached hydrogens (tertiary/aromatic N) is 1. The van der Waals surface area contributed by atoms with Gasteiger partial charge in [-0.1, -0.05) is 29.3 Å². The van der Waals surface area contributed by atoms with Crippen LogP contribution >= 0.6 is 34.5 Å². The molecular weight excluding hydrogens is 299 g/mol. The van der Waals surface area contributed by atoms with Crippen molar-refractivity contribution in [2.45, 2.75) is 25.3 Å². The number of halogens is 2. The molecule has 2 aromatic rings. The van der Waals surface area contributed by atoms with E-state index in [0.29, 0.717) is 16.1 Å². The van der Waals surface area contributed by atoms with Crippen molar-refractivity contribution in [2.24, 2.45) is 0 Å². The van der Waals surface area contributed by atoms with Crippen LogP contribution in [0.5, 0.6) is 0 Å². The van der Waals surface area contributed by atoms with E-state index >= 15 is 0 Å². The molecule has 0 fully saturated rings. The molecular formula is C14H14Cl2N2S. The van der Waals surface area contributed by atoms with Crippen LogP contribution in [0.4, 0.5) is 0 Å². The highest BCUT2D eigenvalue weighted by molar-refractivity contribution is 7.15. The fourth-order valence-corrected chi connectivity index (χ4v) is 4.00. The van der Waals surface area contributed by atoms with Crippen molar-refractivity contribution < 1.29 is 0 Å². The van der Waals surface area contributed by atoms with E-state index in [1.54, 1.807) is 11.3 Å². The summed E-state index contributed by atoms with van der Waals surface area (Å²) in [6, 6.07) is 6.14. The largest absolute Gasteiger partial charge is 0.312 e. The van der Waals surface area contributed by atoms with Crippen LogP contribution < -0.4 is 5.32 Å². The van der Waals surface area contributed by atoms with Crippen molar-refractivity contribution in [3.05, 3.63) is 38.8 Å². The van der Waals surface area contributed by atoms with Gasteiger partial charge in [0.05, 0.1) is 15.7 Å². The number of aryl methyl sites for hydroxylation is 1. The van der Waals surface area contributed by atoms with Gasteiger partial charge in [0, 0.05) is 16.5 Å². The summed E-state index contributed by atoms with van der Waals surface area (Å²) in [5, 5.41) is 5.57. The Morgan fingerprint density at radius 2 is 2.16 bits per heavy atom. The molecule has 0 radical (unpaired) electrons. The number of hydrogen-bond acceptors (Lipinski definition) is 3. The Morgan fingerprint density at radius 1 is 1.32 bits per heavy atom. The van der Waals surface area contributed by atoms with Gasteiger partial charge in [-0.15, -0.1) is 11.3 Å². The molecule has 0 spiro atoms. The van der Waals surface area contributed by atoms with Crippen molar-refractivity contribution >= 4 is 34.5 Å². The Kier molecular flexibility index (Phi) is 3.81. The summed E-state index contributed by atoms with van der Waals surface area (Å²) in [5.74, 6) is 0. The fourth-order valence-electron chi connectivity index (χ4n) is 2.45. The maximum atomic E-state index is 6.08. The lowest BCUT2D eigenvalue weighted by Gasteiger charge is -2.19. The highest BCUT2D eigenvalue weighted by atomic mass is 35.5. The number of hydrogen-bond donors (Lipinski definition) is 1. The maximum absolute atomic E-state index is 6.08. The molecule has 100 valence electrons. The van der Waals surface area contributed by atoms with Gasteiger partial charge >= 0.3 is 0 Å². The van der Waals surface area contributed by atoms with Gasteiger partial charge in [-0.3, -0.25) is 0 Å². The van der Waals surface area contributed by atoms with E-state index in [9.17, 15) is 0 Å². The lowest BCUT2D eigenvalue weighted by Crippen LogP contribution is -2.19. The lowest BCUT2D eigenvalue weighted by atomic mass is 9.98. The average molecular weight is 313 g/mol. The standard InChI is InChI=1S/C14H14Cl2N2S/c1-17-11-3-2-4-12-13(11)19-14(18-12)8-5-6-9(15)10(16)7-8/h5-7,11,17H,2-4H2,1H3. The molecule has 0 saturated heterocycles.